The molecule has 1 aromatic rings. The summed E-state index contributed by atoms with van der Waals surface area (Å²) in [5.74, 6) is -0.0123. The van der Waals surface area contributed by atoms with Crippen molar-refractivity contribution in [1.29, 1.82) is 0 Å². The van der Waals surface area contributed by atoms with Gasteiger partial charge in [0.1, 0.15) is 0 Å². The number of ether oxygens (including phenoxy) is 1. The molecule has 0 fully saturated rings. The number of halogens is 1. The fourth-order valence-electron chi connectivity index (χ4n) is 2.10. The summed E-state index contributed by atoms with van der Waals surface area (Å²) in [4.78, 5) is 11.6. The number of methoxy groups -OCH3 is 1. The summed E-state index contributed by atoms with van der Waals surface area (Å²) in [6.45, 7) is 5.17. The van der Waals surface area contributed by atoms with E-state index in [1.54, 1.807) is 7.11 Å². The Morgan fingerprint density at radius 3 is 2.40 bits per heavy atom. The summed E-state index contributed by atoms with van der Waals surface area (Å²) in [7, 11) is 1.57. The highest BCUT2D eigenvalue weighted by atomic mass is 35.5. The molecule has 0 spiro atoms. The van der Waals surface area contributed by atoms with Crippen LogP contribution in [-0.4, -0.2) is 32.2 Å². The molecule has 0 saturated carbocycles. The van der Waals surface area contributed by atoms with Crippen molar-refractivity contribution in [3.8, 4) is 0 Å². The van der Waals surface area contributed by atoms with Gasteiger partial charge in [0.05, 0.1) is 12.5 Å². The lowest BCUT2D eigenvalue weighted by Gasteiger charge is -2.12. The smallest absolute Gasteiger partial charge is 0.222 e. The topological polar surface area (TPSA) is 64.3 Å². The van der Waals surface area contributed by atoms with E-state index in [4.69, 9.17) is 10.5 Å². The van der Waals surface area contributed by atoms with Gasteiger partial charge in [-0.3, -0.25) is 4.79 Å². The first-order chi connectivity index (χ1) is 9.05. The second kappa shape index (κ2) is 9.75. The van der Waals surface area contributed by atoms with Crippen molar-refractivity contribution in [2.75, 3.05) is 20.2 Å². The van der Waals surface area contributed by atoms with E-state index in [0.29, 0.717) is 19.5 Å². The van der Waals surface area contributed by atoms with Crippen LogP contribution in [0, 0.1) is 13.8 Å². The Hall–Kier alpha value is -1.10. The van der Waals surface area contributed by atoms with Gasteiger partial charge in [-0.25, -0.2) is 0 Å². The third kappa shape index (κ3) is 6.89. The standard InChI is InChI=1S/C15H24N2O2.ClH/c1-11-6-12(2)8-13(7-11)4-5-17-15(18)9-14(10-16)19-3;/h6-8,14H,4-5,9-10,16H2,1-3H3,(H,17,18);1H. The first-order valence-electron chi connectivity index (χ1n) is 6.62. The summed E-state index contributed by atoms with van der Waals surface area (Å²) in [6, 6.07) is 6.44. The number of amides is 1. The predicted molar refractivity (Wildman–Crippen MR) is 84.3 cm³/mol. The normalized spacial score (nSPS) is 11.6. The molecule has 0 aliphatic rings. The van der Waals surface area contributed by atoms with Crippen molar-refractivity contribution < 1.29 is 9.53 Å². The van der Waals surface area contributed by atoms with Crippen molar-refractivity contribution in [2.24, 2.45) is 5.73 Å². The first kappa shape index (κ1) is 18.9. The van der Waals surface area contributed by atoms with Crippen LogP contribution in [0.4, 0.5) is 0 Å². The molecule has 114 valence electrons. The van der Waals surface area contributed by atoms with Gasteiger partial charge in [-0.2, -0.15) is 0 Å². The summed E-state index contributed by atoms with van der Waals surface area (Å²) in [5, 5.41) is 2.89. The third-order valence-corrected chi connectivity index (χ3v) is 3.03. The van der Waals surface area contributed by atoms with Gasteiger partial charge in [0, 0.05) is 20.2 Å². The zero-order valence-corrected chi connectivity index (χ0v) is 13.3. The average molecular weight is 301 g/mol. The summed E-state index contributed by atoms with van der Waals surface area (Å²) in [5.41, 5.74) is 9.24. The quantitative estimate of drug-likeness (QED) is 0.806. The zero-order valence-electron chi connectivity index (χ0n) is 12.4. The molecule has 1 unspecified atom stereocenters. The summed E-state index contributed by atoms with van der Waals surface area (Å²) < 4.78 is 5.08. The highest BCUT2D eigenvalue weighted by Gasteiger charge is 2.10. The molecule has 0 aliphatic heterocycles. The van der Waals surface area contributed by atoms with E-state index in [9.17, 15) is 4.79 Å². The minimum atomic E-state index is -0.193. The lowest BCUT2D eigenvalue weighted by atomic mass is 10.1. The number of rotatable bonds is 7. The molecule has 0 radical (unpaired) electrons. The maximum absolute atomic E-state index is 11.6. The Morgan fingerprint density at radius 2 is 1.90 bits per heavy atom. The van der Waals surface area contributed by atoms with Crippen LogP contribution in [0.1, 0.15) is 23.1 Å². The molecule has 0 aliphatic carbocycles. The largest absolute Gasteiger partial charge is 0.380 e. The van der Waals surface area contributed by atoms with Crippen LogP contribution >= 0.6 is 12.4 Å². The van der Waals surface area contributed by atoms with Gasteiger partial charge in [0.25, 0.3) is 0 Å². The van der Waals surface area contributed by atoms with Crippen LogP contribution in [-0.2, 0) is 16.0 Å². The van der Waals surface area contributed by atoms with Crippen LogP contribution in [0.3, 0.4) is 0 Å². The van der Waals surface area contributed by atoms with Gasteiger partial charge in [-0.15, -0.1) is 12.4 Å². The zero-order chi connectivity index (χ0) is 14.3. The molecule has 1 rings (SSSR count). The minimum Gasteiger partial charge on any atom is -0.380 e. The highest BCUT2D eigenvalue weighted by molar-refractivity contribution is 5.85. The van der Waals surface area contributed by atoms with Crippen LogP contribution < -0.4 is 11.1 Å². The number of carbonyl (C=O) groups is 1. The molecule has 0 bridgehead atoms. The van der Waals surface area contributed by atoms with Crippen LogP contribution in [0.2, 0.25) is 0 Å². The van der Waals surface area contributed by atoms with Gasteiger partial charge in [-0.05, 0) is 25.8 Å². The SMILES string of the molecule is COC(CN)CC(=O)NCCc1cc(C)cc(C)c1.Cl. The Kier molecular flexibility index (Phi) is 9.21. The molecule has 0 aromatic heterocycles. The molecule has 5 heteroatoms. The maximum atomic E-state index is 11.6. The molecule has 0 heterocycles. The maximum Gasteiger partial charge on any atom is 0.222 e. The number of nitrogens with one attached hydrogen (secondary N) is 1. The first-order valence-corrected chi connectivity index (χ1v) is 6.62. The predicted octanol–water partition coefficient (Wildman–Crippen LogP) is 1.75. The Bertz CT molecular complexity index is 400. The van der Waals surface area contributed by atoms with Crippen molar-refractivity contribution in [3.63, 3.8) is 0 Å². The molecular formula is C15H25ClN2O2. The molecule has 1 aromatic carbocycles. The second-order valence-electron chi connectivity index (χ2n) is 4.89. The van der Waals surface area contributed by atoms with E-state index in [0.717, 1.165) is 6.42 Å². The van der Waals surface area contributed by atoms with Crippen LogP contribution in [0.15, 0.2) is 18.2 Å². The number of nitrogens with two attached hydrogens (primary N) is 1. The van der Waals surface area contributed by atoms with Gasteiger partial charge in [0.2, 0.25) is 5.91 Å². The van der Waals surface area contributed by atoms with E-state index >= 15 is 0 Å². The van der Waals surface area contributed by atoms with Crippen molar-refractivity contribution in [1.82, 2.24) is 5.32 Å². The van der Waals surface area contributed by atoms with Crippen molar-refractivity contribution in [3.05, 3.63) is 34.9 Å². The van der Waals surface area contributed by atoms with Crippen LogP contribution in [0.5, 0.6) is 0 Å². The lowest BCUT2D eigenvalue weighted by molar-refractivity contribution is -0.123. The number of benzene rings is 1. The summed E-state index contributed by atoms with van der Waals surface area (Å²) >= 11 is 0. The Balaban J connectivity index is 0.00000361. The lowest BCUT2D eigenvalue weighted by Crippen LogP contribution is -2.33. The molecule has 0 saturated heterocycles. The molecular weight excluding hydrogens is 276 g/mol. The number of hydrogen-bond donors (Lipinski definition) is 2. The molecule has 3 N–H and O–H groups in total. The number of aryl methyl sites for hydroxylation is 2. The van der Waals surface area contributed by atoms with E-state index in [1.807, 2.05) is 0 Å². The number of hydrogen-bond acceptors (Lipinski definition) is 3. The van der Waals surface area contributed by atoms with E-state index < -0.39 is 0 Å². The average Bonchev–Trinajstić information content (AvgIpc) is 2.34. The number of carbonyl (C=O) groups excluding carboxylic acids is 1. The minimum absolute atomic E-state index is 0. The van der Waals surface area contributed by atoms with Gasteiger partial charge >= 0.3 is 0 Å². The molecule has 1 atom stereocenters. The fraction of sp³-hybridized carbons (Fsp3) is 0.533. The monoisotopic (exact) mass is 300 g/mol. The fourth-order valence-corrected chi connectivity index (χ4v) is 2.10. The summed E-state index contributed by atoms with van der Waals surface area (Å²) in [6.07, 6.45) is 0.968. The third-order valence-electron chi connectivity index (χ3n) is 3.03. The van der Waals surface area contributed by atoms with E-state index in [2.05, 4.69) is 37.4 Å². The van der Waals surface area contributed by atoms with Gasteiger partial charge in [0.15, 0.2) is 0 Å². The van der Waals surface area contributed by atoms with Gasteiger partial charge < -0.3 is 15.8 Å². The van der Waals surface area contributed by atoms with E-state index in [-0.39, 0.29) is 24.4 Å². The Labute approximate surface area is 127 Å². The van der Waals surface area contributed by atoms with Crippen LogP contribution in [0.25, 0.3) is 0 Å². The molecule has 1 amide bonds. The van der Waals surface area contributed by atoms with E-state index in [1.165, 1.54) is 16.7 Å². The van der Waals surface area contributed by atoms with Gasteiger partial charge in [-0.1, -0.05) is 29.3 Å². The van der Waals surface area contributed by atoms with Crippen molar-refractivity contribution >= 4 is 18.3 Å². The highest BCUT2D eigenvalue weighted by Crippen LogP contribution is 2.09. The molecule has 20 heavy (non-hydrogen) atoms. The molecule has 4 nitrogen and oxygen atoms in total. The Morgan fingerprint density at radius 1 is 1.30 bits per heavy atom. The second-order valence-corrected chi connectivity index (χ2v) is 4.89. The van der Waals surface area contributed by atoms with Crippen molar-refractivity contribution in [2.45, 2.75) is 32.8 Å².